The number of ether oxygens (including phenoxy) is 1. The normalized spacial score (nSPS) is 12.0. The zero-order chi connectivity index (χ0) is 18.0. The summed E-state index contributed by atoms with van der Waals surface area (Å²) in [5.41, 5.74) is -2.85. The molecule has 1 rings (SSSR count). The molecule has 0 heterocycles. The minimum absolute atomic E-state index is 0.253. The highest BCUT2D eigenvalue weighted by Crippen LogP contribution is 2.35. The number of rotatable bonds is 3. The maximum atomic E-state index is 13.1. The molecule has 9 heteroatoms. The van der Waals surface area contributed by atoms with Gasteiger partial charge >= 0.3 is 12.3 Å². The second kappa shape index (κ2) is 6.43. The van der Waals surface area contributed by atoms with E-state index in [2.05, 4.69) is 0 Å². The molecule has 0 saturated heterocycles. The van der Waals surface area contributed by atoms with Gasteiger partial charge in [-0.25, -0.2) is 4.79 Å². The van der Waals surface area contributed by atoms with Gasteiger partial charge in [0.2, 0.25) is 0 Å². The molecular formula is C14H17F3N2O4. The zero-order valence-corrected chi connectivity index (χ0v) is 13.1. The Morgan fingerprint density at radius 3 is 2.30 bits per heavy atom. The molecule has 0 aliphatic carbocycles. The van der Waals surface area contributed by atoms with Gasteiger partial charge in [0.15, 0.2) is 0 Å². The standard InChI is InChI=1S/C14H17F3N2O4/c1-13(2,3)23-12(20)18(4)8-9-5-6-10(19(21)22)7-11(9)14(15,16)17/h5-7H,8H2,1-4H3. The van der Waals surface area contributed by atoms with Crippen molar-refractivity contribution in [1.29, 1.82) is 0 Å². The maximum absolute atomic E-state index is 13.1. The number of nitrogens with zero attached hydrogens (tertiary/aromatic N) is 2. The van der Waals surface area contributed by atoms with Gasteiger partial charge in [-0.15, -0.1) is 0 Å². The lowest BCUT2D eigenvalue weighted by atomic mass is 10.1. The molecule has 128 valence electrons. The number of hydrogen-bond acceptors (Lipinski definition) is 4. The molecule has 0 fully saturated rings. The monoisotopic (exact) mass is 334 g/mol. The molecule has 0 saturated carbocycles. The summed E-state index contributed by atoms with van der Waals surface area (Å²) < 4.78 is 44.2. The molecule has 23 heavy (non-hydrogen) atoms. The number of amides is 1. The van der Waals surface area contributed by atoms with Crippen molar-refractivity contribution >= 4 is 11.8 Å². The molecule has 0 aliphatic rings. The van der Waals surface area contributed by atoms with Gasteiger partial charge in [0, 0.05) is 25.7 Å². The number of alkyl halides is 3. The van der Waals surface area contributed by atoms with E-state index in [1.54, 1.807) is 20.8 Å². The van der Waals surface area contributed by atoms with E-state index in [0.717, 1.165) is 17.0 Å². The smallest absolute Gasteiger partial charge is 0.416 e. The van der Waals surface area contributed by atoms with Crippen molar-refractivity contribution in [1.82, 2.24) is 4.90 Å². The Bertz CT molecular complexity index is 609. The molecule has 0 aliphatic heterocycles. The van der Waals surface area contributed by atoms with Gasteiger partial charge in [-0.3, -0.25) is 10.1 Å². The first-order chi connectivity index (χ1) is 10.3. The highest BCUT2D eigenvalue weighted by molar-refractivity contribution is 5.67. The largest absolute Gasteiger partial charge is 0.444 e. The van der Waals surface area contributed by atoms with E-state index in [9.17, 15) is 28.1 Å². The number of carbonyl (C=O) groups is 1. The van der Waals surface area contributed by atoms with Crippen LogP contribution >= 0.6 is 0 Å². The molecule has 6 nitrogen and oxygen atoms in total. The summed E-state index contributed by atoms with van der Waals surface area (Å²) in [6.45, 7) is 4.50. The Kier molecular flexibility index (Phi) is 5.24. The van der Waals surface area contributed by atoms with Crippen LogP contribution in [0.5, 0.6) is 0 Å². The van der Waals surface area contributed by atoms with Gasteiger partial charge < -0.3 is 9.64 Å². The van der Waals surface area contributed by atoms with Crippen LogP contribution in [0.3, 0.4) is 0 Å². The van der Waals surface area contributed by atoms with Crippen molar-refractivity contribution in [2.24, 2.45) is 0 Å². The van der Waals surface area contributed by atoms with Crippen LogP contribution in [0.25, 0.3) is 0 Å². The molecule has 0 unspecified atom stereocenters. The van der Waals surface area contributed by atoms with E-state index in [-0.39, 0.29) is 12.1 Å². The minimum atomic E-state index is -4.77. The first-order valence-corrected chi connectivity index (χ1v) is 6.60. The number of nitro benzene ring substituents is 1. The Hall–Kier alpha value is -2.32. The first kappa shape index (κ1) is 18.7. The highest BCUT2D eigenvalue weighted by Gasteiger charge is 2.35. The number of non-ortho nitro benzene ring substituents is 1. The molecule has 0 spiro atoms. The predicted molar refractivity (Wildman–Crippen MR) is 75.8 cm³/mol. The van der Waals surface area contributed by atoms with E-state index in [1.165, 1.54) is 7.05 Å². The molecule has 0 bridgehead atoms. The van der Waals surface area contributed by atoms with Crippen LogP contribution in [0.1, 0.15) is 31.9 Å². The van der Waals surface area contributed by atoms with Crippen LogP contribution in [0.2, 0.25) is 0 Å². The minimum Gasteiger partial charge on any atom is -0.444 e. The summed E-state index contributed by atoms with van der Waals surface area (Å²) in [5.74, 6) is 0. The van der Waals surface area contributed by atoms with Crippen LogP contribution in [0.15, 0.2) is 18.2 Å². The molecule has 0 N–H and O–H groups in total. The van der Waals surface area contributed by atoms with Crippen molar-refractivity contribution in [3.05, 3.63) is 39.4 Å². The van der Waals surface area contributed by atoms with Gasteiger partial charge in [-0.2, -0.15) is 13.2 Å². The van der Waals surface area contributed by atoms with E-state index >= 15 is 0 Å². The van der Waals surface area contributed by atoms with Crippen LogP contribution < -0.4 is 0 Å². The van der Waals surface area contributed by atoms with Crippen LogP contribution in [-0.2, 0) is 17.5 Å². The summed E-state index contributed by atoms with van der Waals surface area (Å²) in [5, 5.41) is 10.6. The summed E-state index contributed by atoms with van der Waals surface area (Å²) in [7, 11) is 1.29. The summed E-state index contributed by atoms with van der Waals surface area (Å²) in [6.07, 6.45) is -5.56. The number of nitro groups is 1. The third-order valence-corrected chi connectivity index (χ3v) is 2.72. The van der Waals surface area contributed by atoms with E-state index in [4.69, 9.17) is 4.74 Å². The molecule has 0 radical (unpaired) electrons. The number of benzene rings is 1. The summed E-state index contributed by atoms with van der Waals surface area (Å²) in [6, 6.07) is 2.41. The fraction of sp³-hybridized carbons (Fsp3) is 0.500. The van der Waals surface area contributed by atoms with E-state index in [0.29, 0.717) is 6.07 Å². The van der Waals surface area contributed by atoms with Crippen LogP contribution in [-0.4, -0.2) is 28.6 Å². The Labute approximate surface area is 131 Å². The third-order valence-electron chi connectivity index (χ3n) is 2.72. The average Bonchev–Trinajstić information content (AvgIpc) is 2.35. The third kappa shape index (κ3) is 5.42. The van der Waals surface area contributed by atoms with Gasteiger partial charge in [0.1, 0.15) is 5.60 Å². The second-order valence-electron chi connectivity index (χ2n) is 5.93. The average molecular weight is 334 g/mol. The quantitative estimate of drug-likeness (QED) is 0.619. The van der Waals surface area contributed by atoms with Gasteiger partial charge in [-0.05, 0) is 32.4 Å². The molecule has 1 amide bonds. The molecule has 1 aromatic rings. The SMILES string of the molecule is CN(Cc1ccc([N+](=O)[O-])cc1C(F)(F)F)C(=O)OC(C)(C)C. The second-order valence-corrected chi connectivity index (χ2v) is 5.93. The van der Waals surface area contributed by atoms with Crippen LogP contribution in [0.4, 0.5) is 23.7 Å². The molecule has 1 aromatic carbocycles. The van der Waals surface area contributed by atoms with Crippen molar-refractivity contribution in [2.75, 3.05) is 7.05 Å². The first-order valence-electron chi connectivity index (χ1n) is 6.60. The molecule has 0 aromatic heterocycles. The fourth-order valence-corrected chi connectivity index (χ4v) is 1.74. The zero-order valence-electron chi connectivity index (χ0n) is 13.1. The van der Waals surface area contributed by atoms with Gasteiger partial charge in [0.25, 0.3) is 5.69 Å². The Morgan fingerprint density at radius 2 is 1.87 bits per heavy atom. The lowest BCUT2D eigenvalue weighted by Gasteiger charge is -2.25. The molecular weight excluding hydrogens is 317 g/mol. The lowest BCUT2D eigenvalue weighted by molar-refractivity contribution is -0.385. The number of carbonyl (C=O) groups excluding carboxylic acids is 1. The van der Waals surface area contributed by atoms with Gasteiger partial charge in [-0.1, -0.05) is 0 Å². The highest BCUT2D eigenvalue weighted by atomic mass is 19.4. The topological polar surface area (TPSA) is 72.7 Å². The van der Waals surface area contributed by atoms with Crippen molar-refractivity contribution in [2.45, 2.75) is 39.1 Å². The van der Waals surface area contributed by atoms with Crippen LogP contribution in [0, 0.1) is 10.1 Å². The molecule has 0 atom stereocenters. The summed E-state index contributed by atoms with van der Waals surface area (Å²) >= 11 is 0. The number of halogens is 3. The predicted octanol–water partition coefficient (Wildman–Crippen LogP) is 3.98. The van der Waals surface area contributed by atoms with Gasteiger partial charge in [0.05, 0.1) is 10.5 Å². The van der Waals surface area contributed by atoms with Crippen molar-refractivity contribution in [3.8, 4) is 0 Å². The van der Waals surface area contributed by atoms with Crippen molar-refractivity contribution < 1.29 is 27.6 Å². The summed E-state index contributed by atoms with van der Waals surface area (Å²) in [4.78, 5) is 22.5. The number of hydrogen-bond donors (Lipinski definition) is 0. The van der Waals surface area contributed by atoms with E-state index < -0.39 is 34.0 Å². The fourth-order valence-electron chi connectivity index (χ4n) is 1.74. The Balaban J connectivity index is 3.08. The van der Waals surface area contributed by atoms with Crippen molar-refractivity contribution in [3.63, 3.8) is 0 Å². The van der Waals surface area contributed by atoms with E-state index in [1.807, 2.05) is 0 Å². The maximum Gasteiger partial charge on any atom is 0.416 e. The Morgan fingerprint density at radius 1 is 1.30 bits per heavy atom. The lowest BCUT2D eigenvalue weighted by Crippen LogP contribution is -2.34.